The monoisotopic (exact) mass is 346 g/mol. The molecule has 0 saturated carbocycles. The molecule has 0 bridgehead atoms. The zero-order valence-corrected chi connectivity index (χ0v) is 14.9. The molecule has 2 aromatic heterocycles. The number of thioether (sulfide) groups is 1. The summed E-state index contributed by atoms with van der Waals surface area (Å²) >= 11 is 3.26. The summed E-state index contributed by atoms with van der Waals surface area (Å²) in [6.45, 7) is 5.45. The number of carbonyl (C=O) groups excluding carboxylic acids is 1. The lowest BCUT2D eigenvalue weighted by Gasteiger charge is -2.02. The topological polar surface area (TPSA) is 52.2 Å². The highest BCUT2D eigenvalue weighted by Gasteiger charge is 2.12. The van der Waals surface area contributed by atoms with Crippen molar-refractivity contribution in [1.29, 1.82) is 0 Å². The first-order valence-electron chi connectivity index (χ1n) is 7.46. The van der Waals surface area contributed by atoms with E-state index in [1.54, 1.807) is 40.0 Å². The molecule has 120 valence electrons. The third-order valence-electron chi connectivity index (χ3n) is 3.64. The molecule has 0 N–H and O–H groups in total. The molecule has 7 heteroatoms. The summed E-state index contributed by atoms with van der Waals surface area (Å²) in [5.41, 5.74) is 1.64. The van der Waals surface area contributed by atoms with Gasteiger partial charge in [0.1, 0.15) is 5.69 Å². The fourth-order valence-electron chi connectivity index (χ4n) is 2.48. The first-order chi connectivity index (χ1) is 11.2. The zero-order chi connectivity index (χ0) is 16.4. The maximum Gasteiger partial charge on any atom is 0.297 e. The summed E-state index contributed by atoms with van der Waals surface area (Å²) < 4.78 is 4.89. The van der Waals surface area contributed by atoms with Crippen molar-refractivity contribution in [3.8, 4) is 0 Å². The van der Waals surface area contributed by atoms with Gasteiger partial charge in [-0.15, -0.1) is 11.8 Å². The van der Waals surface area contributed by atoms with Crippen molar-refractivity contribution < 1.29 is 4.79 Å². The molecular formula is C16H18N4OS2. The van der Waals surface area contributed by atoms with Crippen molar-refractivity contribution in [3.63, 3.8) is 0 Å². The van der Waals surface area contributed by atoms with Crippen molar-refractivity contribution in [1.82, 2.24) is 14.3 Å². The molecule has 23 heavy (non-hydrogen) atoms. The third-order valence-corrected chi connectivity index (χ3v) is 5.41. The van der Waals surface area contributed by atoms with E-state index in [4.69, 9.17) is 0 Å². The van der Waals surface area contributed by atoms with Crippen molar-refractivity contribution in [2.24, 2.45) is 4.99 Å². The van der Waals surface area contributed by atoms with E-state index in [0.29, 0.717) is 12.2 Å². The minimum atomic E-state index is -0.247. The average molecular weight is 346 g/mol. The van der Waals surface area contributed by atoms with Crippen LogP contribution in [-0.4, -0.2) is 26.5 Å². The third kappa shape index (κ3) is 2.98. The minimum absolute atomic E-state index is 0.247. The van der Waals surface area contributed by atoms with Crippen LogP contribution >= 0.6 is 23.1 Å². The molecule has 0 fully saturated rings. The van der Waals surface area contributed by atoms with E-state index < -0.39 is 0 Å². The maximum atomic E-state index is 12.5. The van der Waals surface area contributed by atoms with E-state index in [9.17, 15) is 4.79 Å². The van der Waals surface area contributed by atoms with E-state index in [0.717, 1.165) is 21.6 Å². The summed E-state index contributed by atoms with van der Waals surface area (Å²) in [6, 6.07) is 8.06. The van der Waals surface area contributed by atoms with Crippen LogP contribution in [0.1, 0.15) is 24.3 Å². The van der Waals surface area contributed by atoms with Crippen LogP contribution < -0.4 is 4.80 Å². The van der Waals surface area contributed by atoms with Gasteiger partial charge >= 0.3 is 0 Å². The summed E-state index contributed by atoms with van der Waals surface area (Å²) in [6.07, 6.45) is 3.69. The number of aryl methyl sites for hydroxylation is 2. The Hall–Kier alpha value is -1.86. The predicted octanol–water partition coefficient (Wildman–Crippen LogP) is 3.40. The lowest BCUT2D eigenvalue weighted by atomic mass is 10.3. The van der Waals surface area contributed by atoms with Crippen LogP contribution in [0.25, 0.3) is 10.2 Å². The molecule has 3 aromatic rings. The molecular weight excluding hydrogens is 328 g/mol. The van der Waals surface area contributed by atoms with Crippen molar-refractivity contribution >= 4 is 39.2 Å². The van der Waals surface area contributed by atoms with Crippen molar-refractivity contribution in [2.45, 2.75) is 31.8 Å². The highest BCUT2D eigenvalue weighted by Crippen LogP contribution is 2.24. The zero-order valence-electron chi connectivity index (χ0n) is 13.3. The van der Waals surface area contributed by atoms with Gasteiger partial charge < -0.3 is 4.57 Å². The van der Waals surface area contributed by atoms with Gasteiger partial charge in [0.05, 0.1) is 10.2 Å². The van der Waals surface area contributed by atoms with Crippen LogP contribution in [0.3, 0.4) is 0 Å². The van der Waals surface area contributed by atoms with Gasteiger partial charge in [-0.3, -0.25) is 9.48 Å². The number of aromatic nitrogens is 3. The standard InChI is InChI=1S/C16H18N4OS2/c1-4-19-12-7-6-11(22-3)10-14(12)23-16(19)18-15(21)13-8-9-17-20(13)5-2/h6-10H,4-5H2,1-3H3. The second-order valence-corrected chi connectivity index (χ2v) is 6.80. The van der Waals surface area contributed by atoms with E-state index in [2.05, 4.69) is 46.0 Å². The highest BCUT2D eigenvalue weighted by molar-refractivity contribution is 7.98. The van der Waals surface area contributed by atoms with Gasteiger partial charge in [0.15, 0.2) is 4.80 Å². The average Bonchev–Trinajstić information content (AvgIpc) is 3.17. The second-order valence-electron chi connectivity index (χ2n) is 4.91. The van der Waals surface area contributed by atoms with Crippen LogP contribution in [0.2, 0.25) is 0 Å². The summed E-state index contributed by atoms with van der Waals surface area (Å²) in [7, 11) is 0. The van der Waals surface area contributed by atoms with E-state index in [1.165, 1.54) is 4.90 Å². The van der Waals surface area contributed by atoms with E-state index >= 15 is 0 Å². The fourth-order valence-corrected chi connectivity index (χ4v) is 4.13. The molecule has 0 spiro atoms. The highest BCUT2D eigenvalue weighted by atomic mass is 32.2. The number of carbonyl (C=O) groups is 1. The molecule has 0 unspecified atom stereocenters. The van der Waals surface area contributed by atoms with Crippen LogP contribution in [0.5, 0.6) is 0 Å². The summed E-state index contributed by atoms with van der Waals surface area (Å²) in [5, 5.41) is 4.14. The molecule has 0 saturated heterocycles. The Labute approximate surface area is 142 Å². The van der Waals surface area contributed by atoms with Gasteiger partial charge in [-0.05, 0) is 44.4 Å². The Morgan fingerprint density at radius 1 is 1.30 bits per heavy atom. The van der Waals surface area contributed by atoms with E-state index in [-0.39, 0.29) is 5.91 Å². The largest absolute Gasteiger partial charge is 0.317 e. The van der Waals surface area contributed by atoms with Crippen LogP contribution in [0.4, 0.5) is 0 Å². The summed E-state index contributed by atoms with van der Waals surface area (Å²) in [5.74, 6) is -0.247. The molecule has 0 aliphatic rings. The van der Waals surface area contributed by atoms with Gasteiger partial charge in [-0.1, -0.05) is 11.3 Å². The van der Waals surface area contributed by atoms with E-state index in [1.807, 2.05) is 6.92 Å². The number of benzene rings is 1. The summed E-state index contributed by atoms with van der Waals surface area (Å²) in [4.78, 5) is 18.8. The fraction of sp³-hybridized carbons (Fsp3) is 0.312. The quantitative estimate of drug-likeness (QED) is 0.680. The first-order valence-corrected chi connectivity index (χ1v) is 9.50. The second kappa shape index (κ2) is 6.72. The van der Waals surface area contributed by atoms with Gasteiger partial charge in [0, 0.05) is 24.2 Å². The van der Waals surface area contributed by atoms with Gasteiger partial charge in [0.25, 0.3) is 5.91 Å². The lowest BCUT2D eigenvalue weighted by Crippen LogP contribution is -2.17. The van der Waals surface area contributed by atoms with Gasteiger partial charge in [-0.25, -0.2) is 0 Å². The number of nitrogens with zero attached hydrogens (tertiary/aromatic N) is 4. The molecule has 2 heterocycles. The molecule has 5 nitrogen and oxygen atoms in total. The van der Waals surface area contributed by atoms with Gasteiger partial charge in [-0.2, -0.15) is 10.1 Å². The van der Waals surface area contributed by atoms with Crippen molar-refractivity contribution in [3.05, 3.63) is 41.0 Å². The Morgan fingerprint density at radius 2 is 2.13 bits per heavy atom. The predicted molar refractivity (Wildman–Crippen MR) is 95.1 cm³/mol. The van der Waals surface area contributed by atoms with Crippen LogP contribution in [0.15, 0.2) is 40.4 Å². The minimum Gasteiger partial charge on any atom is -0.317 e. The van der Waals surface area contributed by atoms with Crippen LogP contribution in [-0.2, 0) is 13.1 Å². The Bertz CT molecular complexity index is 920. The van der Waals surface area contributed by atoms with Gasteiger partial charge in [0.2, 0.25) is 0 Å². The number of hydrogen-bond donors (Lipinski definition) is 0. The number of fused-ring (bicyclic) bond motifs is 1. The van der Waals surface area contributed by atoms with Crippen LogP contribution in [0, 0.1) is 0 Å². The molecule has 1 amide bonds. The Balaban J connectivity index is 2.13. The Kier molecular flexibility index (Phi) is 4.68. The number of thiazole rings is 1. The van der Waals surface area contributed by atoms with Crippen molar-refractivity contribution in [2.75, 3.05) is 6.26 Å². The maximum absolute atomic E-state index is 12.5. The molecule has 0 aliphatic heterocycles. The first kappa shape index (κ1) is 16.0. The molecule has 0 aliphatic carbocycles. The SMILES string of the molecule is CCn1nccc1C(=O)N=c1sc2cc(SC)ccc2n1CC. The molecule has 0 atom stereocenters. The number of amides is 1. The molecule has 3 rings (SSSR count). The number of rotatable bonds is 4. The smallest absolute Gasteiger partial charge is 0.297 e. The number of hydrogen-bond acceptors (Lipinski definition) is 4. The molecule has 0 radical (unpaired) electrons. The molecule has 1 aromatic carbocycles. The Morgan fingerprint density at radius 3 is 2.83 bits per heavy atom. The lowest BCUT2D eigenvalue weighted by molar-refractivity contribution is 0.0987. The normalized spacial score (nSPS) is 12.2.